The van der Waals surface area contributed by atoms with Crippen LogP contribution in [0, 0.1) is 6.92 Å². The maximum atomic E-state index is 12.2. The molecule has 0 aliphatic carbocycles. The molecule has 0 saturated heterocycles. The molecule has 0 saturated carbocycles. The summed E-state index contributed by atoms with van der Waals surface area (Å²) in [6.07, 6.45) is 1.42. The fourth-order valence-electron chi connectivity index (χ4n) is 2.04. The fraction of sp³-hybridized carbons (Fsp3) is 0.176. The zero-order chi connectivity index (χ0) is 18.5. The molecule has 0 fully saturated rings. The van der Waals surface area contributed by atoms with Crippen LogP contribution in [-0.2, 0) is 11.3 Å². The van der Waals surface area contributed by atoms with Crippen LogP contribution < -0.4 is 10.1 Å². The summed E-state index contributed by atoms with van der Waals surface area (Å²) in [4.78, 5) is 24.1. The number of aromatic nitrogens is 2. The number of ether oxygens (including phenoxy) is 2. The molecule has 0 aliphatic heterocycles. The summed E-state index contributed by atoms with van der Waals surface area (Å²) in [6.45, 7) is 1.65. The van der Waals surface area contributed by atoms with Gasteiger partial charge in [0.2, 0.25) is 10.8 Å². The van der Waals surface area contributed by atoms with Crippen LogP contribution >= 0.6 is 11.3 Å². The number of rotatable bonds is 6. The number of nitrogens with zero attached hydrogens (tertiary/aromatic N) is 2. The van der Waals surface area contributed by atoms with Crippen molar-refractivity contribution < 1.29 is 23.5 Å². The van der Waals surface area contributed by atoms with Gasteiger partial charge >= 0.3 is 5.97 Å². The third-order valence-electron chi connectivity index (χ3n) is 3.38. The van der Waals surface area contributed by atoms with Gasteiger partial charge in [-0.05, 0) is 37.3 Å². The van der Waals surface area contributed by atoms with E-state index in [0.29, 0.717) is 22.0 Å². The number of nitrogens with one attached hydrogen (secondary N) is 1. The van der Waals surface area contributed by atoms with Gasteiger partial charge in [-0.2, -0.15) is 0 Å². The van der Waals surface area contributed by atoms with E-state index >= 15 is 0 Å². The molecule has 26 heavy (non-hydrogen) atoms. The summed E-state index contributed by atoms with van der Waals surface area (Å²) in [5.74, 6) is -0.152. The van der Waals surface area contributed by atoms with Crippen molar-refractivity contribution in [3.05, 3.63) is 57.9 Å². The van der Waals surface area contributed by atoms with E-state index < -0.39 is 11.9 Å². The smallest absolute Gasteiger partial charge is 0.374 e. The van der Waals surface area contributed by atoms with Crippen molar-refractivity contribution in [3.8, 4) is 5.75 Å². The van der Waals surface area contributed by atoms with Crippen LogP contribution in [0.1, 0.15) is 30.9 Å². The summed E-state index contributed by atoms with van der Waals surface area (Å²) in [5.41, 5.74) is 1.29. The van der Waals surface area contributed by atoms with Gasteiger partial charge in [0.15, 0.2) is 5.01 Å². The first-order valence-corrected chi connectivity index (χ1v) is 8.37. The molecule has 0 aliphatic rings. The standard InChI is InChI=1S/C17H15N3O5S/c1-10-7-8-24-14(10)17(22)25-9-13-19-20-16(26-13)15(21)18-11-3-5-12(23-2)6-4-11/h3-8H,9H2,1-2H3,(H,18,21). The largest absolute Gasteiger partial charge is 0.497 e. The van der Waals surface area contributed by atoms with Crippen LogP contribution in [0.3, 0.4) is 0 Å². The minimum atomic E-state index is -0.591. The normalized spacial score (nSPS) is 10.4. The van der Waals surface area contributed by atoms with E-state index in [1.54, 1.807) is 44.4 Å². The van der Waals surface area contributed by atoms with Gasteiger partial charge in [-0.1, -0.05) is 11.3 Å². The molecule has 8 nitrogen and oxygen atoms in total. The Morgan fingerprint density at radius 2 is 1.96 bits per heavy atom. The van der Waals surface area contributed by atoms with Gasteiger partial charge < -0.3 is 19.2 Å². The van der Waals surface area contributed by atoms with Crippen LogP contribution in [-0.4, -0.2) is 29.2 Å². The lowest BCUT2D eigenvalue weighted by Gasteiger charge is -2.04. The molecule has 1 amide bonds. The monoisotopic (exact) mass is 373 g/mol. The first-order valence-electron chi connectivity index (χ1n) is 7.56. The van der Waals surface area contributed by atoms with E-state index in [-0.39, 0.29) is 17.4 Å². The Balaban J connectivity index is 1.57. The van der Waals surface area contributed by atoms with Gasteiger partial charge in [0.1, 0.15) is 12.4 Å². The number of hydrogen-bond acceptors (Lipinski definition) is 8. The quantitative estimate of drug-likeness (QED) is 0.662. The molecular weight excluding hydrogens is 358 g/mol. The number of hydrogen-bond donors (Lipinski definition) is 1. The number of methoxy groups -OCH3 is 1. The molecule has 0 radical (unpaired) electrons. The highest BCUT2D eigenvalue weighted by atomic mass is 32.1. The average molecular weight is 373 g/mol. The summed E-state index contributed by atoms with van der Waals surface area (Å²) >= 11 is 1.04. The van der Waals surface area contributed by atoms with Crippen LogP contribution in [0.5, 0.6) is 5.75 Å². The Bertz CT molecular complexity index is 917. The summed E-state index contributed by atoms with van der Waals surface area (Å²) in [7, 11) is 1.57. The average Bonchev–Trinajstić information content (AvgIpc) is 3.29. The number of furan rings is 1. The van der Waals surface area contributed by atoms with Crippen molar-refractivity contribution in [2.45, 2.75) is 13.5 Å². The van der Waals surface area contributed by atoms with Crippen molar-refractivity contribution in [1.29, 1.82) is 0 Å². The molecule has 1 N–H and O–H groups in total. The second kappa shape index (κ2) is 7.79. The van der Waals surface area contributed by atoms with Crippen LogP contribution in [0.25, 0.3) is 0 Å². The van der Waals surface area contributed by atoms with Gasteiger partial charge in [-0.25, -0.2) is 4.79 Å². The lowest BCUT2D eigenvalue weighted by Crippen LogP contribution is -2.11. The van der Waals surface area contributed by atoms with E-state index in [9.17, 15) is 9.59 Å². The number of amides is 1. The maximum absolute atomic E-state index is 12.2. The predicted octanol–water partition coefficient (Wildman–Crippen LogP) is 3.06. The van der Waals surface area contributed by atoms with Gasteiger partial charge in [-0.15, -0.1) is 10.2 Å². The highest BCUT2D eigenvalue weighted by Crippen LogP contribution is 2.18. The minimum absolute atomic E-state index is 0.0908. The summed E-state index contributed by atoms with van der Waals surface area (Å²) in [6, 6.07) is 8.57. The Morgan fingerprint density at radius 1 is 1.19 bits per heavy atom. The first-order chi connectivity index (χ1) is 12.6. The van der Waals surface area contributed by atoms with Crippen molar-refractivity contribution in [2.24, 2.45) is 0 Å². The third-order valence-corrected chi connectivity index (χ3v) is 4.28. The molecule has 9 heteroatoms. The SMILES string of the molecule is COc1ccc(NC(=O)c2nnc(COC(=O)c3occc3C)s2)cc1. The van der Waals surface area contributed by atoms with Gasteiger partial charge in [0.25, 0.3) is 5.91 Å². The molecule has 0 spiro atoms. The zero-order valence-electron chi connectivity index (χ0n) is 14.0. The second-order valence-corrected chi connectivity index (χ2v) is 6.25. The maximum Gasteiger partial charge on any atom is 0.374 e. The van der Waals surface area contributed by atoms with Crippen molar-refractivity contribution >= 4 is 28.9 Å². The highest BCUT2D eigenvalue weighted by Gasteiger charge is 2.17. The summed E-state index contributed by atoms with van der Waals surface area (Å²) < 4.78 is 15.2. The lowest BCUT2D eigenvalue weighted by molar-refractivity contribution is 0.0434. The molecular formula is C17H15N3O5S. The minimum Gasteiger partial charge on any atom is -0.497 e. The van der Waals surface area contributed by atoms with Crippen molar-refractivity contribution in [2.75, 3.05) is 12.4 Å². The molecule has 0 bridgehead atoms. The Hall–Kier alpha value is -3.20. The van der Waals surface area contributed by atoms with Crippen molar-refractivity contribution in [3.63, 3.8) is 0 Å². The van der Waals surface area contributed by atoms with Crippen LogP contribution in [0.4, 0.5) is 5.69 Å². The second-order valence-electron chi connectivity index (χ2n) is 5.19. The van der Waals surface area contributed by atoms with Gasteiger partial charge in [-0.3, -0.25) is 4.79 Å². The van der Waals surface area contributed by atoms with E-state index in [1.807, 2.05) is 0 Å². The molecule has 3 rings (SSSR count). The fourth-order valence-corrected chi connectivity index (χ4v) is 2.69. The molecule has 134 valence electrons. The number of carbonyl (C=O) groups is 2. The van der Waals surface area contributed by atoms with Crippen LogP contribution in [0.2, 0.25) is 0 Å². The first kappa shape index (κ1) is 17.6. The third kappa shape index (κ3) is 4.06. The van der Waals surface area contributed by atoms with Crippen LogP contribution in [0.15, 0.2) is 41.0 Å². The Morgan fingerprint density at radius 3 is 2.62 bits per heavy atom. The molecule has 0 unspecified atom stereocenters. The predicted molar refractivity (Wildman–Crippen MR) is 93.4 cm³/mol. The number of benzene rings is 1. The Labute approximate surface area is 152 Å². The number of anilines is 1. The molecule has 2 heterocycles. The lowest BCUT2D eigenvalue weighted by atomic mass is 10.3. The molecule has 1 aromatic carbocycles. The topological polar surface area (TPSA) is 104 Å². The molecule has 3 aromatic rings. The molecule has 2 aromatic heterocycles. The van der Waals surface area contributed by atoms with E-state index in [1.165, 1.54) is 6.26 Å². The zero-order valence-corrected chi connectivity index (χ0v) is 14.8. The van der Waals surface area contributed by atoms with E-state index in [2.05, 4.69) is 15.5 Å². The summed E-state index contributed by atoms with van der Waals surface area (Å²) in [5, 5.41) is 11.0. The number of carbonyl (C=O) groups excluding carboxylic acids is 2. The van der Waals surface area contributed by atoms with Gasteiger partial charge in [0.05, 0.1) is 13.4 Å². The number of aryl methyl sites for hydroxylation is 1. The Kier molecular flexibility index (Phi) is 5.28. The van der Waals surface area contributed by atoms with Gasteiger partial charge in [0, 0.05) is 11.3 Å². The van der Waals surface area contributed by atoms with Crippen molar-refractivity contribution in [1.82, 2.24) is 10.2 Å². The number of esters is 1. The van der Waals surface area contributed by atoms with E-state index in [0.717, 1.165) is 11.3 Å². The molecule has 0 atom stereocenters. The highest BCUT2D eigenvalue weighted by molar-refractivity contribution is 7.13. The van der Waals surface area contributed by atoms with E-state index in [4.69, 9.17) is 13.9 Å².